The second-order valence-corrected chi connectivity index (χ2v) is 4.53. The Bertz CT molecular complexity index is 325. The maximum absolute atomic E-state index is 13.5. The third-order valence-corrected chi connectivity index (χ3v) is 2.94. The molecule has 0 saturated heterocycles. The molecule has 0 aliphatic carbocycles. The zero-order valence-corrected chi connectivity index (χ0v) is 10.1. The summed E-state index contributed by atoms with van der Waals surface area (Å²) in [7, 11) is 0. The molecule has 0 saturated carbocycles. The molecule has 0 spiro atoms. The van der Waals surface area contributed by atoms with Crippen LogP contribution in [0, 0.1) is 11.7 Å². The molecule has 1 aromatic rings. The summed E-state index contributed by atoms with van der Waals surface area (Å²) >= 11 is 5.69. The molecule has 0 amide bonds. The molecule has 1 N–H and O–H groups in total. The highest BCUT2D eigenvalue weighted by atomic mass is 35.5. The van der Waals surface area contributed by atoms with Crippen LogP contribution in [0.2, 0.25) is 5.02 Å². The van der Waals surface area contributed by atoms with Crippen molar-refractivity contribution in [1.82, 2.24) is 5.32 Å². The molecule has 15 heavy (non-hydrogen) atoms. The first-order valence-corrected chi connectivity index (χ1v) is 5.56. The molecule has 1 nitrogen and oxygen atoms in total. The lowest BCUT2D eigenvalue weighted by atomic mass is 10.1. The van der Waals surface area contributed by atoms with Gasteiger partial charge >= 0.3 is 0 Å². The minimum Gasteiger partial charge on any atom is -0.310 e. The van der Waals surface area contributed by atoms with Gasteiger partial charge in [0.2, 0.25) is 0 Å². The standard InChI is InChI=1S/C12H17ClFN/c1-8(2)9(3)15-7-10-5-4-6-11(13)12(10)14/h4-6,8-9,15H,7H2,1-3H3. The Morgan fingerprint density at radius 2 is 2.00 bits per heavy atom. The number of rotatable bonds is 4. The number of nitrogens with one attached hydrogen (secondary N) is 1. The van der Waals surface area contributed by atoms with Crippen molar-refractivity contribution in [2.45, 2.75) is 33.4 Å². The van der Waals surface area contributed by atoms with E-state index in [1.165, 1.54) is 0 Å². The Morgan fingerprint density at radius 3 is 2.60 bits per heavy atom. The Kier molecular flexibility index (Phi) is 4.55. The number of halogens is 2. The molecule has 0 aliphatic rings. The van der Waals surface area contributed by atoms with Crippen LogP contribution in [0.4, 0.5) is 4.39 Å². The lowest BCUT2D eigenvalue weighted by molar-refractivity contribution is 0.421. The first-order valence-electron chi connectivity index (χ1n) is 5.18. The average molecular weight is 230 g/mol. The van der Waals surface area contributed by atoms with E-state index in [0.29, 0.717) is 24.1 Å². The van der Waals surface area contributed by atoms with Gasteiger partial charge in [0.15, 0.2) is 0 Å². The maximum Gasteiger partial charge on any atom is 0.146 e. The highest BCUT2D eigenvalue weighted by molar-refractivity contribution is 6.30. The largest absolute Gasteiger partial charge is 0.310 e. The van der Waals surface area contributed by atoms with Gasteiger partial charge in [-0.05, 0) is 18.9 Å². The molecule has 0 fully saturated rings. The van der Waals surface area contributed by atoms with Crippen molar-refractivity contribution in [2.24, 2.45) is 5.92 Å². The molecule has 0 aromatic heterocycles. The fraction of sp³-hybridized carbons (Fsp3) is 0.500. The minimum atomic E-state index is -0.317. The second kappa shape index (κ2) is 5.47. The lowest BCUT2D eigenvalue weighted by Gasteiger charge is -2.17. The Morgan fingerprint density at radius 1 is 1.33 bits per heavy atom. The molecule has 3 heteroatoms. The monoisotopic (exact) mass is 229 g/mol. The van der Waals surface area contributed by atoms with E-state index < -0.39 is 0 Å². The molecule has 1 rings (SSSR count). The van der Waals surface area contributed by atoms with Crippen LogP contribution in [0.3, 0.4) is 0 Å². The fourth-order valence-electron chi connectivity index (χ4n) is 1.19. The van der Waals surface area contributed by atoms with Crippen LogP contribution < -0.4 is 5.32 Å². The van der Waals surface area contributed by atoms with E-state index in [1.807, 2.05) is 0 Å². The summed E-state index contributed by atoms with van der Waals surface area (Å²) in [4.78, 5) is 0. The molecule has 84 valence electrons. The van der Waals surface area contributed by atoms with Gasteiger partial charge in [-0.15, -0.1) is 0 Å². The lowest BCUT2D eigenvalue weighted by Crippen LogP contribution is -2.30. The summed E-state index contributed by atoms with van der Waals surface area (Å²) < 4.78 is 13.5. The first kappa shape index (κ1) is 12.5. The highest BCUT2D eigenvalue weighted by Gasteiger charge is 2.09. The summed E-state index contributed by atoms with van der Waals surface area (Å²) in [5, 5.41) is 3.45. The van der Waals surface area contributed by atoms with Crippen LogP contribution >= 0.6 is 11.6 Å². The first-order chi connectivity index (χ1) is 7.02. The van der Waals surface area contributed by atoms with Crippen LogP contribution in [-0.2, 0) is 6.54 Å². The van der Waals surface area contributed by atoms with E-state index in [0.717, 1.165) is 0 Å². The van der Waals surface area contributed by atoms with Crippen LogP contribution in [0.1, 0.15) is 26.3 Å². The topological polar surface area (TPSA) is 12.0 Å². The van der Waals surface area contributed by atoms with E-state index in [1.54, 1.807) is 18.2 Å². The molecule has 0 bridgehead atoms. The Labute approximate surface area is 95.6 Å². The van der Waals surface area contributed by atoms with Gasteiger partial charge in [-0.2, -0.15) is 0 Å². The molecule has 1 atom stereocenters. The summed E-state index contributed by atoms with van der Waals surface area (Å²) in [5.74, 6) is 0.217. The van der Waals surface area contributed by atoms with E-state index in [9.17, 15) is 4.39 Å². The molecule has 0 aliphatic heterocycles. The van der Waals surface area contributed by atoms with E-state index in [4.69, 9.17) is 11.6 Å². The van der Waals surface area contributed by atoms with Crippen molar-refractivity contribution in [1.29, 1.82) is 0 Å². The van der Waals surface area contributed by atoms with Gasteiger partial charge in [-0.1, -0.05) is 37.6 Å². The van der Waals surface area contributed by atoms with Crippen molar-refractivity contribution >= 4 is 11.6 Å². The zero-order valence-electron chi connectivity index (χ0n) is 9.35. The molecule has 1 unspecified atom stereocenters. The normalized spacial score (nSPS) is 13.2. The average Bonchev–Trinajstić information content (AvgIpc) is 2.19. The number of hydrogen-bond donors (Lipinski definition) is 1. The third kappa shape index (κ3) is 3.47. The molecule has 0 radical (unpaired) electrons. The number of hydrogen-bond acceptors (Lipinski definition) is 1. The minimum absolute atomic E-state index is 0.187. The summed E-state index contributed by atoms with van der Waals surface area (Å²) in [6.45, 7) is 6.87. The summed E-state index contributed by atoms with van der Waals surface area (Å²) in [6, 6.07) is 5.44. The van der Waals surface area contributed by atoms with Crippen LogP contribution in [0.25, 0.3) is 0 Å². The Balaban J connectivity index is 2.62. The molecular formula is C12H17ClFN. The van der Waals surface area contributed by atoms with Gasteiger partial charge in [-0.3, -0.25) is 0 Å². The molecule has 0 heterocycles. The van der Waals surface area contributed by atoms with E-state index >= 15 is 0 Å². The van der Waals surface area contributed by atoms with Gasteiger partial charge < -0.3 is 5.32 Å². The van der Waals surface area contributed by atoms with Gasteiger partial charge in [0.05, 0.1) is 5.02 Å². The van der Waals surface area contributed by atoms with Crippen molar-refractivity contribution in [2.75, 3.05) is 0 Å². The summed E-state index contributed by atoms with van der Waals surface area (Å²) in [6.07, 6.45) is 0. The van der Waals surface area contributed by atoms with E-state index in [2.05, 4.69) is 26.1 Å². The van der Waals surface area contributed by atoms with Crippen molar-refractivity contribution in [3.63, 3.8) is 0 Å². The third-order valence-electron chi connectivity index (χ3n) is 2.65. The van der Waals surface area contributed by atoms with Crippen molar-refractivity contribution in [3.05, 3.63) is 34.6 Å². The second-order valence-electron chi connectivity index (χ2n) is 4.13. The van der Waals surface area contributed by atoms with Crippen LogP contribution in [0.5, 0.6) is 0 Å². The maximum atomic E-state index is 13.5. The van der Waals surface area contributed by atoms with Gasteiger partial charge in [-0.25, -0.2) is 4.39 Å². The molecular weight excluding hydrogens is 213 g/mol. The van der Waals surface area contributed by atoms with Gasteiger partial charge in [0.25, 0.3) is 0 Å². The fourth-order valence-corrected chi connectivity index (χ4v) is 1.39. The predicted molar refractivity (Wildman–Crippen MR) is 62.5 cm³/mol. The van der Waals surface area contributed by atoms with Crippen LogP contribution in [0.15, 0.2) is 18.2 Å². The quantitative estimate of drug-likeness (QED) is 0.832. The summed E-state index contributed by atoms with van der Waals surface area (Å²) in [5.41, 5.74) is 0.620. The molecule has 1 aromatic carbocycles. The van der Waals surface area contributed by atoms with Gasteiger partial charge in [0, 0.05) is 18.2 Å². The SMILES string of the molecule is CC(C)C(C)NCc1cccc(Cl)c1F. The highest BCUT2D eigenvalue weighted by Crippen LogP contribution is 2.17. The van der Waals surface area contributed by atoms with Crippen LogP contribution in [-0.4, -0.2) is 6.04 Å². The van der Waals surface area contributed by atoms with E-state index in [-0.39, 0.29) is 10.8 Å². The van der Waals surface area contributed by atoms with Gasteiger partial charge in [0.1, 0.15) is 5.82 Å². The van der Waals surface area contributed by atoms with Crippen molar-refractivity contribution < 1.29 is 4.39 Å². The zero-order chi connectivity index (χ0) is 11.4. The van der Waals surface area contributed by atoms with Crippen molar-refractivity contribution in [3.8, 4) is 0 Å². The predicted octanol–water partition coefficient (Wildman–Crippen LogP) is 3.61. The smallest absolute Gasteiger partial charge is 0.146 e. The number of benzene rings is 1. The Hall–Kier alpha value is -0.600.